The van der Waals surface area contributed by atoms with E-state index in [1.54, 1.807) is 0 Å². The Labute approximate surface area is 473 Å². The van der Waals surface area contributed by atoms with Crippen LogP contribution in [0.2, 0.25) is 0 Å². The highest BCUT2D eigenvalue weighted by Gasteiger charge is 2.19. The van der Waals surface area contributed by atoms with Crippen molar-refractivity contribution in [3.8, 4) is 0 Å². The fraction of sp³-hybridized carbons (Fsp3) is 0.843. The van der Waals surface area contributed by atoms with Crippen molar-refractivity contribution >= 4 is 17.9 Å². The van der Waals surface area contributed by atoms with Gasteiger partial charge in [0.1, 0.15) is 13.2 Å². The van der Waals surface area contributed by atoms with E-state index in [0.29, 0.717) is 19.3 Å². The molecular weight excluding hydrogens is 937 g/mol. The zero-order valence-electron chi connectivity index (χ0n) is 51.0. The van der Waals surface area contributed by atoms with Gasteiger partial charge in [0.15, 0.2) is 6.10 Å². The van der Waals surface area contributed by atoms with Crippen LogP contribution < -0.4 is 0 Å². The second kappa shape index (κ2) is 64.9. The van der Waals surface area contributed by atoms with Crippen LogP contribution >= 0.6 is 0 Å². The van der Waals surface area contributed by atoms with Crippen molar-refractivity contribution in [3.63, 3.8) is 0 Å². The minimum Gasteiger partial charge on any atom is -0.462 e. The standard InChI is InChI=1S/C70H128O6/c1-4-7-10-13-16-19-21-23-25-27-29-31-32-33-34-35-36-37-38-40-41-43-45-47-49-51-54-57-60-63-69(72)75-66-67(65-74-68(71)62-59-56-53-18-15-12-9-6-3)76-70(73)64-61-58-55-52-50-48-46-44-42-39-30-28-26-24-22-20-17-14-11-8-5-2/h8,11,17,20,24,26,30,39,67H,4-7,9-10,12-16,18-19,21-23,25,27-29,31-38,40-66H2,1-3H3/b11-8-,20-17-,26-24-,39-30-. The predicted molar refractivity (Wildman–Crippen MR) is 330 cm³/mol. The van der Waals surface area contributed by atoms with Gasteiger partial charge in [-0.05, 0) is 57.8 Å². The van der Waals surface area contributed by atoms with Crippen LogP contribution in [0.5, 0.6) is 0 Å². The van der Waals surface area contributed by atoms with Gasteiger partial charge in [-0.1, -0.05) is 333 Å². The van der Waals surface area contributed by atoms with Gasteiger partial charge < -0.3 is 14.2 Å². The minimum absolute atomic E-state index is 0.0720. The molecule has 6 nitrogen and oxygen atoms in total. The average Bonchev–Trinajstić information content (AvgIpc) is 3.42. The van der Waals surface area contributed by atoms with Gasteiger partial charge in [0, 0.05) is 19.3 Å². The highest BCUT2D eigenvalue weighted by Crippen LogP contribution is 2.18. The summed E-state index contributed by atoms with van der Waals surface area (Å²) >= 11 is 0. The summed E-state index contributed by atoms with van der Waals surface area (Å²) in [5, 5.41) is 0. The summed E-state index contributed by atoms with van der Waals surface area (Å²) in [5.74, 6) is -0.864. The molecule has 0 aromatic heterocycles. The number of rotatable bonds is 62. The van der Waals surface area contributed by atoms with Gasteiger partial charge in [0.25, 0.3) is 0 Å². The van der Waals surface area contributed by atoms with E-state index in [4.69, 9.17) is 14.2 Å². The molecular formula is C70H128O6. The van der Waals surface area contributed by atoms with Crippen molar-refractivity contribution in [2.45, 2.75) is 367 Å². The van der Waals surface area contributed by atoms with E-state index in [-0.39, 0.29) is 31.1 Å². The Hall–Kier alpha value is -2.63. The van der Waals surface area contributed by atoms with Crippen molar-refractivity contribution in [2.75, 3.05) is 13.2 Å². The molecule has 6 heteroatoms. The van der Waals surface area contributed by atoms with Crippen LogP contribution in [-0.2, 0) is 28.6 Å². The monoisotopic (exact) mass is 1060 g/mol. The van der Waals surface area contributed by atoms with Crippen LogP contribution in [0, 0.1) is 0 Å². The normalized spacial score (nSPS) is 12.3. The van der Waals surface area contributed by atoms with Gasteiger partial charge in [0.05, 0.1) is 0 Å². The first-order valence-corrected chi connectivity index (χ1v) is 33.6. The molecule has 444 valence electrons. The lowest BCUT2D eigenvalue weighted by atomic mass is 10.0. The number of carbonyl (C=O) groups excluding carboxylic acids is 3. The molecule has 0 fully saturated rings. The van der Waals surface area contributed by atoms with Crippen LogP contribution in [0.3, 0.4) is 0 Å². The molecule has 0 aliphatic heterocycles. The van der Waals surface area contributed by atoms with Crippen molar-refractivity contribution < 1.29 is 28.6 Å². The van der Waals surface area contributed by atoms with Crippen LogP contribution in [-0.4, -0.2) is 37.2 Å². The van der Waals surface area contributed by atoms with E-state index in [0.717, 1.165) is 89.9 Å². The summed E-state index contributed by atoms with van der Waals surface area (Å²) in [4.78, 5) is 38.2. The highest BCUT2D eigenvalue weighted by atomic mass is 16.6. The van der Waals surface area contributed by atoms with E-state index >= 15 is 0 Å². The van der Waals surface area contributed by atoms with Gasteiger partial charge in [-0.15, -0.1) is 0 Å². The van der Waals surface area contributed by atoms with Crippen LogP contribution in [0.25, 0.3) is 0 Å². The first-order chi connectivity index (χ1) is 37.5. The lowest BCUT2D eigenvalue weighted by Crippen LogP contribution is -2.30. The summed E-state index contributed by atoms with van der Waals surface area (Å²) < 4.78 is 16.9. The summed E-state index contributed by atoms with van der Waals surface area (Å²) in [6.07, 6.45) is 81.6. The molecule has 0 aromatic rings. The van der Waals surface area contributed by atoms with Crippen molar-refractivity contribution in [1.82, 2.24) is 0 Å². The maximum atomic E-state index is 12.9. The molecule has 0 N–H and O–H groups in total. The molecule has 0 rings (SSSR count). The Morgan fingerprint density at radius 3 is 0.803 bits per heavy atom. The van der Waals surface area contributed by atoms with Gasteiger partial charge in [0.2, 0.25) is 0 Å². The maximum Gasteiger partial charge on any atom is 0.306 e. The SMILES string of the molecule is CC/C=C\C/C=C\C/C=C\C/C=C\CCCCCCCCCCC(=O)OC(COC(=O)CCCCCCCCCC)COC(=O)CCCCCCCCCCCCCCCCCCCCCCCCCCCCCCC. The molecule has 0 aliphatic carbocycles. The molecule has 0 saturated carbocycles. The molecule has 0 saturated heterocycles. The van der Waals surface area contributed by atoms with E-state index < -0.39 is 6.10 Å². The second-order valence-corrected chi connectivity index (χ2v) is 22.7. The third kappa shape index (κ3) is 62.2. The maximum absolute atomic E-state index is 12.9. The van der Waals surface area contributed by atoms with E-state index in [2.05, 4.69) is 69.4 Å². The molecule has 0 spiro atoms. The van der Waals surface area contributed by atoms with E-state index in [9.17, 15) is 14.4 Å². The van der Waals surface area contributed by atoms with E-state index in [1.807, 2.05) is 0 Å². The molecule has 0 heterocycles. The zero-order valence-corrected chi connectivity index (χ0v) is 51.0. The van der Waals surface area contributed by atoms with Crippen molar-refractivity contribution in [1.29, 1.82) is 0 Å². The van der Waals surface area contributed by atoms with Gasteiger partial charge in [-0.25, -0.2) is 0 Å². The third-order valence-corrected chi connectivity index (χ3v) is 15.1. The average molecular weight is 1070 g/mol. The summed E-state index contributed by atoms with van der Waals surface area (Å²) in [6.45, 7) is 6.55. The Morgan fingerprint density at radius 1 is 0.276 bits per heavy atom. The Morgan fingerprint density at radius 2 is 0.513 bits per heavy atom. The molecule has 1 unspecified atom stereocenters. The Bertz CT molecular complexity index is 1310. The number of unbranched alkanes of at least 4 members (excludes halogenated alkanes) is 43. The second-order valence-electron chi connectivity index (χ2n) is 22.7. The molecule has 1 atom stereocenters. The van der Waals surface area contributed by atoms with Gasteiger partial charge in [-0.2, -0.15) is 0 Å². The first-order valence-electron chi connectivity index (χ1n) is 33.6. The quantitative estimate of drug-likeness (QED) is 0.0261. The number of hydrogen-bond acceptors (Lipinski definition) is 6. The van der Waals surface area contributed by atoms with Gasteiger partial charge in [-0.3, -0.25) is 14.4 Å². The smallest absolute Gasteiger partial charge is 0.306 e. The molecule has 0 amide bonds. The fourth-order valence-corrected chi connectivity index (χ4v) is 10.1. The number of ether oxygens (including phenoxy) is 3. The van der Waals surface area contributed by atoms with Crippen LogP contribution in [0.4, 0.5) is 0 Å². The first kappa shape index (κ1) is 73.4. The number of esters is 3. The summed E-state index contributed by atoms with van der Waals surface area (Å²) in [7, 11) is 0. The molecule has 76 heavy (non-hydrogen) atoms. The van der Waals surface area contributed by atoms with Gasteiger partial charge >= 0.3 is 17.9 Å². The Kier molecular flexibility index (Phi) is 62.6. The van der Waals surface area contributed by atoms with Crippen molar-refractivity contribution in [3.05, 3.63) is 48.6 Å². The lowest BCUT2D eigenvalue weighted by Gasteiger charge is -2.18. The van der Waals surface area contributed by atoms with Crippen LogP contribution in [0.15, 0.2) is 48.6 Å². The zero-order chi connectivity index (χ0) is 55.0. The molecule has 0 aromatic carbocycles. The van der Waals surface area contributed by atoms with Crippen LogP contribution in [0.1, 0.15) is 361 Å². The fourth-order valence-electron chi connectivity index (χ4n) is 10.1. The Balaban J connectivity index is 4.07. The number of allylic oxidation sites excluding steroid dienone is 8. The highest BCUT2D eigenvalue weighted by molar-refractivity contribution is 5.71. The third-order valence-electron chi connectivity index (χ3n) is 15.1. The number of hydrogen-bond donors (Lipinski definition) is 0. The predicted octanol–water partition coefficient (Wildman–Crippen LogP) is 22.9. The lowest BCUT2D eigenvalue weighted by molar-refractivity contribution is -0.167. The number of carbonyl (C=O) groups is 3. The summed E-state index contributed by atoms with van der Waals surface area (Å²) in [6, 6.07) is 0. The molecule has 0 bridgehead atoms. The summed E-state index contributed by atoms with van der Waals surface area (Å²) in [5.41, 5.74) is 0. The largest absolute Gasteiger partial charge is 0.462 e. The van der Waals surface area contributed by atoms with E-state index in [1.165, 1.54) is 231 Å². The topological polar surface area (TPSA) is 78.9 Å². The molecule has 0 radical (unpaired) electrons. The molecule has 0 aliphatic rings. The minimum atomic E-state index is -0.774. The van der Waals surface area contributed by atoms with Crippen molar-refractivity contribution in [2.24, 2.45) is 0 Å².